The molecule has 0 unspecified atom stereocenters. The van der Waals surface area contributed by atoms with Crippen LogP contribution in [0.5, 0.6) is 0 Å². The van der Waals surface area contributed by atoms with Crippen molar-refractivity contribution in [1.29, 1.82) is 0 Å². The molecule has 0 saturated carbocycles. The summed E-state index contributed by atoms with van der Waals surface area (Å²) < 4.78 is 52.0. The third-order valence-electron chi connectivity index (χ3n) is 4.02. The van der Waals surface area contributed by atoms with Gasteiger partial charge in [-0.15, -0.1) is 0 Å². The highest BCUT2D eigenvalue weighted by Crippen LogP contribution is 2.30. The van der Waals surface area contributed by atoms with Gasteiger partial charge >= 0.3 is 0 Å². The van der Waals surface area contributed by atoms with E-state index in [-0.39, 0.29) is 17.1 Å². The highest BCUT2D eigenvalue weighted by molar-refractivity contribution is 9.10. The van der Waals surface area contributed by atoms with Crippen LogP contribution < -0.4 is 5.73 Å². The van der Waals surface area contributed by atoms with Gasteiger partial charge in [0, 0.05) is 22.8 Å². The molecule has 0 saturated heterocycles. The molecule has 5 nitrogen and oxygen atoms in total. The summed E-state index contributed by atoms with van der Waals surface area (Å²) >= 11 is 3.39. The van der Waals surface area contributed by atoms with Crippen LogP contribution >= 0.6 is 15.9 Å². The first-order valence-electron chi connectivity index (χ1n) is 7.88. The monoisotopic (exact) mass is 455 g/mol. The summed E-state index contributed by atoms with van der Waals surface area (Å²) in [6, 6.07) is 12.6. The summed E-state index contributed by atoms with van der Waals surface area (Å²) in [5, 5.41) is 4.02. The second-order valence-corrected chi connectivity index (χ2v) is 8.81. The van der Waals surface area contributed by atoms with Gasteiger partial charge in [-0.2, -0.15) is 5.10 Å². The van der Waals surface area contributed by atoms with Gasteiger partial charge in [-0.05, 0) is 42.0 Å². The third kappa shape index (κ3) is 4.10. The summed E-state index contributed by atoms with van der Waals surface area (Å²) in [7, 11) is -3.35. The summed E-state index contributed by atoms with van der Waals surface area (Å²) in [5.41, 5.74) is 7.73. The van der Waals surface area contributed by atoms with Crippen molar-refractivity contribution in [3.8, 4) is 16.9 Å². The Morgan fingerprint density at radius 3 is 2.37 bits per heavy atom. The van der Waals surface area contributed by atoms with Gasteiger partial charge in [-0.3, -0.25) is 0 Å². The highest BCUT2D eigenvalue weighted by Gasteiger charge is 2.19. The second-order valence-electron chi connectivity index (χ2n) is 5.94. The fourth-order valence-corrected chi connectivity index (χ4v) is 3.67. The molecule has 1 heterocycles. The molecule has 3 rings (SSSR count). The van der Waals surface area contributed by atoms with E-state index in [9.17, 15) is 17.2 Å². The molecule has 0 aliphatic heterocycles. The summed E-state index contributed by atoms with van der Waals surface area (Å²) in [5.74, 6) is 0. The maximum atomic E-state index is 13.2. The summed E-state index contributed by atoms with van der Waals surface area (Å²) in [6.45, 7) is 0.274. The molecule has 1 aromatic heterocycles. The van der Waals surface area contributed by atoms with Gasteiger partial charge in [0.15, 0.2) is 9.84 Å². The van der Waals surface area contributed by atoms with E-state index in [1.54, 1.807) is 30.3 Å². The first kappa shape index (κ1) is 19.7. The van der Waals surface area contributed by atoms with E-state index in [2.05, 4.69) is 21.0 Å². The number of hydrogen-bond donors (Lipinski definition) is 1. The van der Waals surface area contributed by atoms with Crippen molar-refractivity contribution in [2.24, 2.45) is 5.73 Å². The summed E-state index contributed by atoms with van der Waals surface area (Å²) in [6.07, 6.45) is -1.62. The number of hydrogen-bond acceptors (Lipinski definition) is 4. The molecule has 0 amide bonds. The quantitative estimate of drug-likeness (QED) is 0.627. The SMILES string of the molecule is CS(=O)(=O)c1ccc(-c2cc(C(F)F)nn2-c2ccc(Br)c(CN)c2)cc1. The van der Waals surface area contributed by atoms with Crippen LogP contribution in [0.3, 0.4) is 0 Å². The van der Waals surface area contributed by atoms with E-state index >= 15 is 0 Å². The average Bonchev–Trinajstić information content (AvgIpc) is 3.07. The van der Waals surface area contributed by atoms with Crippen LogP contribution in [-0.2, 0) is 16.4 Å². The lowest BCUT2D eigenvalue weighted by atomic mass is 10.1. The van der Waals surface area contributed by atoms with Crippen molar-refractivity contribution >= 4 is 25.8 Å². The van der Waals surface area contributed by atoms with Crippen LogP contribution in [0.25, 0.3) is 16.9 Å². The minimum Gasteiger partial charge on any atom is -0.326 e. The summed E-state index contributed by atoms with van der Waals surface area (Å²) in [4.78, 5) is 0.153. The lowest BCUT2D eigenvalue weighted by molar-refractivity contribution is 0.145. The van der Waals surface area contributed by atoms with Crippen LogP contribution in [0.15, 0.2) is 57.9 Å². The first-order valence-corrected chi connectivity index (χ1v) is 10.6. The lowest BCUT2D eigenvalue weighted by Gasteiger charge is -2.10. The molecule has 0 spiro atoms. The molecule has 0 atom stereocenters. The first-order chi connectivity index (χ1) is 12.7. The Morgan fingerprint density at radius 2 is 1.81 bits per heavy atom. The van der Waals surface area contributed by atoms with E-state index in [1.807, 2.05) is 0 Å². The van der Waals surface area contributed by atoms with Gasteiger partial charge in [0.05, 0.1) is 16.3 Å². The number of aromatic nitrogens is 2. The van der Waals surface area contributed by atoms with Gasteiger partial charge in [0.2, 0.25) is 0 Å². The molecule has 0 aliphatic carbocycles. The van der Waals surface area contributed by atoms with Crippen molar-refractivity contribution in [3.05, 3.63) is 64.3 Å². The van der Waals surface area contributed by atoms with E-state index in [1.165, 1.54) is 22.9 Å². The molecule has 9 heteroatoms. The van der Waals surface area contributed by atoms with Crippen LogP contribution in [0.4, 0.5) is 8.78 Å². The molecule has 3 aromatic rings. The zero-order chi connectivity index (χ0) is 19.8. The number of sulfone groups is 1. The normalized spacial score (nSPS) is 11.9. The van der Waals surface area contributed by atoms with Gasteiger partial charge in [0.1, 0.15) is 5.69 Å². The number of nitrogens with zero attached hydrogens (tertiary/aromatic N) is 2. The van der Waals surface area contributed by atoms with Crippen LogP contribution in [-0.4, -0.2) is 24.5 Å². The molecular weight excluding hydrogens is 440 g/mol. The van der Waals surface area contributed by atoms with Crippen LogP contribution in [0.1, 0.15) is 17.7 Å². The Kier molecular flexibility index (Phi) is 5.45. The Morgan fingerprint density at radius 1 is 1.15 bits per heavy atom. The topological polar surface area (TPSA) is 78.0 Å². The molecule has 0 radical (unpaired) electrons. The Labute approximate surface area is 163 Å². The molecule has 142 valence electrons. The van der Waals surface area contributed by atoms with Crippen LogP contribution in [0, 0.1) is 0 Å². The largest absolute Gasteiger partial charge is 0.326 e. The molecular formula is C18H16BrF2N3O2S. The Balaban J connectivity index is 2.16. The molecule has 2 aromatic carbocycles. The number of nitrogens with two attached hydrogens (primary N) is 1. The van der Waals surface area contributed by atoms with Crippen molar-refractivity contribution in [2.45, 2.75) is 17.9 Å². The number of alkyl halides is 2. The maximum Gasteiger partial charge on any atom is 0.282 e. The average molecular weight is 456 g/mol. The minimum atomic E-state index is -3.35. The smallest absolute Gasteiger partial charge is 0.282 e. The zero-order valence-electron chi connectivity index (χ0n) is 14.2. The molecule has 0 fully saturated rings. The maximum absolute atomic E-state index is 13.2. The van der Waals surface area contributed by atoms with Gasteiger partial charge in [-0.1, -0.05) is 28.1 Å². The van der Waals surface area contributed by atoms with E-state index < -0.39 is 16.3 Å². The molecule has 0 bridgehead atoms. The number of rotatable bonds is 5. The molecule has 27 heavy (non-hydrogen) atoms. The predicted molar refractivity (Wildman–Crippen MR) is 103 cm³/mol. The van der Waals surface area contributed by atoms with Crippen molar-refractivity contribution < 1.29 is 17.2 Å². The Hall–Kier alpha value is -2.10. The van der Waals surface area contributed by atoms with Crippen molar-refractivity contribution in [3.63, 3.8) is 0 Å². The standard InChI is InChI=1S/C18H16BrF2N3O2S/c1-27(25,26)14-5-2-11(3-6-14)17-9-16(18(20)21)23-24(17)13-4-7-15(19)12(8-13)10-22/h2-9,18H,10,22H2,1H3. The van der Waals surface area contributed by atoms with Crippen molar-refractivity contribution in [1.82, 2.24) is 9.78 Å². The van der Waals surface area contributed by atoms with Crippen molar-refractivity contribution in [2.75, 3.05) is 6.26 Å². The lowest BCUT2D eigenvalue weighted by Crippen LogP contribution is -2.04. The molecule has 0 aliphatic rings. The predicted octanol–water partition coefficient (Wildman–Crippen LogP) is 4.10. The number of halogens is 3. The van der Waals surface area contributed by atoms with E-state index in [4.69, 9.17) is 5.73 Å². The second kappa shape index (κ2) is 7.49. The van der Waals surface area contributed by atoms with Crippen LogP contribution in [0.2, 0.25) is 0 Å². The highest BCUT2D eigenvalue weighted by atomic mass is 79.9. The minimum absolute atomic E-state index is 0.153. The van der Waals surface area contributed by atoms with Gasteiger partial charge < -0.3 is 5.73 Å². The zero-order valence-corrected chi connectivity index (χ0v) is 16.6. The van der Waals surface area contributed by atoms with Gasteiger partial charge in [0.25, 0.3) is 6.43 Å². The van der Waals surface area contributed by atoms with E-state index in [0.29, 0.717) is 16.9 Å². The molecule has 2 N–H and O–H groups in total. The fourth-order valence-electron chi connectivity index (χ4n) is 2.63. The van der Waals surface area contributed by atoms with Gasteiger partial charge in [-0.25, -0.2) is 21.9 Å². The fraction of sp³-hybridized carbons (Fsp3) is 0.167. The number of benzene rings is 2. The Bertz CT molecular complexity index is 1080. The third-order valence-corrected chi connectivity index (χ3v) is 5.93. The van der Waals surface area contributed by atoms with E-state index in [0.717, 1.165) is 16.3 Å².